The van der Waals surface area contributed by atoms with E-state index >= 15 is 0 Å². The van der Waals surface area contributed by atoms with Crippen molar-refractivity contribution >= 4 is 22.6 Å². The molecule has 0 radical (unpaired) electrons. The van der Waals surface area contributed by atoms with Crippen molar-refractivity contribution in [3.63, 3.8) is 0 Å². The highest BCUT2D eigenvalue weighted by Crippen LogP contribution is 1.80. The Morgan fingerprint density at radius 3 is 2.20 bits per heavy atom. The third-order valence-electron chi connectivity index (χ3n) is 0.209. The lowest BCUT2D eigenvalue weighted by molar-refractivity contribution is 2.14. The van der Waals surface area contributed by atoms with Gasteiger partial charge in [-0.1, -0.05) is 41.3 Å². The summed E-state index contributed by atoms with van der Waals surface area (Å²) < 4.78 is 1.91. The van der Waals surface area contributed by atoms with Gasteiger partial charge in [-0.25, -0.2) is 0 Å². The predicted octanol–water partition coefficient (Wildman–Crippen LogP) is 2.12. The smallest absolute Gasteiger partial charge is 0.0234 e. The quantitative estimate of drug-likeness (QED) is 0.428. The number of allylic oxidation sites excluding steroid dienone is 2. The highest BCUT2D eigenvalue weighted by molar-refractivity contribution is 14.1. The molecule has 0 aliphatic carbocycles. The lowest BCUT2D eigenvalue weighted by atomic mass is 10.6. The lowest BCUT2D eigenvalue weighted by Crippen LogP contribution is -1.28. The van der Waals surface area contributed by atoms with Gasteiger partial charge in [0.25, 0.3) is 0 Å². The van der Waals surface area contributed by atoms with Crippen LogP contribution in [0.3, 0.4) is 0 Å². The predicted molar refractivity (Wildman–Crippen MR) is 33.4 cm³/mol. The molecule has 0 amide bonds. The minimum atomic E-state index is 1.74. The van der Waals surface area contributed by atoms with Crippen molar-refractivity contribution in [1.29, 1.82) is 0 Å². The Morgan fingerprint density at radius 2 is 2.20 bits per heavy atom. The molecule has 0 atom stereocenters. The van der Waals surface area contributed by atoms with Gasteiger partial charge in [0.05, 0.1) is 0 Å². The van der Waals surface area contributed by atoms with Crippen LogP contribution in [0.25, 0.3) is 0 Å². The van der Waals surface area contributed by atoms with Gasteiger partial charge in [-0.2, -0.15) is 0 Å². The molecular weight excluding hydrogens is 175 g/mol. The average molecular weight is 180 g/mol. The van der Waals surface area contributed by atoms with Crippen molar-refractivity contribution < 1.29 is 0 Å². The third kappa shape index (κ3) is 4.21. The average Bonchev–Trinajstić information content (AvgIpc) is 1.41. The van der Waals surface area contributed by atoms with E-state index in [1.54, 1.807) is 6.08 Å². The fourth-order valence-electron chi connectivity index (χ4n) is 0.0514. The van der Waals surface area contributed by atoms with E-state index in [2.05, 4.69) is 29.2 Å². The van der Waals surface area contributed by atoms with E-state index in [0.717, 1.165) is 0 Å². The van der Waals surface area contributed by atoms with E-state index in [9.17, 15) is 0 Å². The number of halogens is 1. The lowest BCUT2D eigenvalue weighted by Gasteiger charge is -1.54. The van der Waals surface area contributed by atoms with Crippen LogP contribution >= 0.6 is 22.6 Å². The van der Waals surface area contributed by atoms with Crippen molar-refractivity contribution in [2.45, 2.75) is 0 Å². The molecule has 0 aliphatic heterocycles. The molecule has 28 valence electrons. The summed E-state index contributed by atoms with van der Waals surface area (Å²) in [5, 5.41) is 0. The van der Waals surface area contributed by atoms with Crippen molar-refractivity contribution in [2.75, 3.05) is 0 Å². The van der Waals surface area contributed by atoms with Crippen molar-refractivity contribution in [3.05, 3.63) is 22.8 Å². The summed E-state index contributed by atoms with van der Waals surface area (Å²) in [6, 6.07) is 0. The Kier molecular flexibility index (Phi) is 4.39. The van der Waals surface area contributed by atoms with Gasteiger partial charge in [0, 0.05) is 0 Å². The van der Waals surface area contributed by atoms with E-state index < -0.39 is 0 Å². The van der Waals surface area contributed by atoms with Crippen LogP contribution in [0, 0.1) is 0 Å². The number of hydrogen-bond donors (Lipinski definition) is 0. The fraction of sp³-hybridized carbons (Fsp3) is 0. The summed E-state index contributed by atoms with van der Waals surface area (Å²) in [6.45, 7) is 3.46. The van der Waals surface area contributed by atoms with Crippen LogP contribution in [0.4, 0.5) is 0 Å². The summed E-state index contributed by atoms with van der Waals surface area (Å²) in [5.41, 5.74) is 0. The van der Waals surface area contributed by atoms with Gasteiger partial charge in [-0.3, -0.25) is 0 Å². The van der Waals surface area contributed by atoms with E-state index in [0.29, 0.717) is 0 Å². The third-order valence-corrected chi connectivity index (χ3v) is 0.624. The van der Waals surface area contributed by atoms with Gasteiger partial charge in [0.2, 0.25) is 0 Å². The Labute approximate surface area is 45.7 Å². The second kappa shape index (κ2) is 4.21. The Morgan fingerprint density at radius 1 is 1.60 bits per heavy atom. The van der Waals surface area contributed by atoms with Crippen LogP contribution in [0.1, 0.15) is 0 Å². The summed E-state index contributed by atoms with van der Waals surface area (Å²) in [7, 11) is 0. The molecule has 0 spiro atoms. The first-order valence-electron chi connectivity index (χ1n) is 1.29. The second-order valence-corrected chi connectivity index (χ2v) is 1.27. The standard InChI is InChI=1S/C4H5I/c1-2-3-4-5/h2-4H,1H2/b4-3-. The monoisotopic (exact) mass is 180 g/mol. The Balaban J connectivity index is 2.92. The zero-order valence-electron chi connectivity index (χ0n) is 2.82. The maximum atomic E-state index is 3.46. The fourth-order valence-corrected chi connectivity index (χ4v) is 0.345. The normalized spacial score (nSPS) is 9.00. The van der Waals surface area contributed by atoms with Crippen LogP contribution in [0.15, 0.2) is 22.8 Å². The number of rotatable bonds is 1. The first kappa shape index (κ1) is 5.21. The van der Waals surface area contributed by atoms with Crippen molar-refractivity contribution in [2.24, 2.45) is 0 Å². The maximum Gasteiger partial charge on any atom is -0.0234 e. The molecule has 0 saturated carbocycles. The van der Waals surface area contributed by atoms with Crippen LogP contribution in [-0.4, -0.2) is 0 Å². The van der Waals surface area contributed by atoms with E-state index in [1.165, 1.54) is 0 Å². The van der Waals surface area contributed by atoms with Crippen molar-refractivity contribution in [3.8, 4) is 0 Å². The molecule has 0 fully saturated rings. The van der Waals surface area contributed by atoms with Gasteiger partial charge >= 0.3 is 0 Å². The zero-order chi connectivity index (χ0) is 4.12. The molecule has 1 heteroatoms. The molecule has 0 saturated heterocycles. The summed E-state index contributed by atoms with van der Waals surface area (Å²) in [4.78, 5) is 0. The molecule has 0 unspecified atom stereocenters. The van der Waals surface area contributed by atoms with Crippen LogP contribution in [0.2, 0.25) is 0 Å². The molecule has 5 heavy (non-hydrogen) atoms. The second-order valence-electron chi connectivity index (χ2n) is 0.554. The summed E-state index contributed by atoms with van der Waals surface area (Å²) in [6.07, 6.45) is 3.62. The summed E-state index contributed by atoms with van der Waals surface area (Å²) in [5.74, 6) is 0. The largest absolute Gasteiger partial charge is 0.0991 e. The molecule has 0 rings (SSSR count). The molecule has 0 heterocycles. The minimum Gasteiger partial charge on any atom is -0.0991 e. The SMILES string of the molecule is C=C/C=C\I. The molecule has 0 N–H and O–H groups in total. The minimum absolute atomic E-state index is 1.74. The molecule has 0 aromatic rings. The molecule has 0 aromatic heterocycles. The molecule has 0 aliphatic rings. The summed E-state index contributed by atoms with van der Waals surface area (Å²) >= 11 is 2.14. The van der Waals surface area contributed by atoms with E-state index in [4.69, 9.17) is 0 Å². The van der Waals surface area contributed by atoms with Crippen LogP contribution in [0.5, 0.6) is 0 Å². The van der Waals surface area contributed by atoms with Crippen LogP contribution in [-0.2, 0) is 0 Å². The van der Waals surface area contributed by atoms with E-state index in [1.807, 2.05) is 10.2 Å². The van der Waals surface area contributed by atoms with Gasteiger partial charge < -0.3 is 0 Å². The Hall–Kier alpha value is 0.210. The first-order valence-corrected chi connectivity index (χ1v) is 2.54. The molecular formula is C4H5I. The van der Waals surface area contributed by atoms with Gasteiger partial charge in [0.15, 0.2) is 0 Å². The highest BCUT2D eigenvalue weighted by Gasteiger charge is 1.43. The molecule has 0 aromatic carbocycles. The first-order chi connectivity index (χ1) is 2.41. The van der Waals surface area contributed by atoms with Crippen molar-refractivity contribution in [1.82, 2.24) is 0 Å². The molecule has 0 bridgehead atoms. The van der Waals surface area contributed by atoms with Gasteiger partial charge in [-0.15, -0.1) is 0 Å². The zero-order valence-corrected chi connectivity index (χ0v) is 4.97. The Bertz CT molecular complexity index is 45.6. The number of hydrogen-bond acceptors (Lipinski definition) is 0. The maximum absolute atomic E-state index is 3.46. The van der Waals surface area contributed by atoms with E-state index in [-0.39, 0.29) is 0 Å². The van der Waals surface area contributed by atoms with Gasteiger partial charge in [-0.05, 0) is 4.08 Å². The molecule has 0 nitrogen and oxygen atoms in total. The van der Waals surface area contributed by atoms with Crippen LogP contribution < -0.4 is 0 Å². The highest BCUT2D eigenvalue weighted by atomic mass is 127. The topological polar surface area (TPSA) is 0 Å². The van der Waals surface area contributed by atoms with Gasteiger partial charge in [0.1, 0.15) is 0 Å².